The molecule has 2 unspecified atom stereocenters. The van der Waals surface area contributed by atoms with Crippen molar-refractivity contribution < 1.29 is 14.3 Å². The lowest BCUT2D eigenvalue weighted by Crippen LogP contribution is -2.55. The smallest absolute Gasteiger partial charge is 0.329 e. The second kappa shape index (κ2) is 4.77. The quantitative estimate of drug-likeness (QED) is 0.798. The molecule has 21 heavy (non-hydrogen) atoms. The van der Waals surface area contributed by atoms with Gasteiger partial charge in [-0.2, -0.15) is 0 Å². The Kier molecular flexibility index (Phi) is 3.17. The van der Waals surface area contributed by atoms with Gasteiger partial charge in [0.1, 0.15) is 11.6 Å². The third-order valence-corrected chi connectivity index (χ3v) is 3.53. The van der Waals surface area contributed by atoms with Gasteiger partial charge in [-0.1, -0.05) is 18.2 Å². The Hall–Kier alpha value is -2.01. The number of piperidine rings is 1. The maximum Gasteiger partial charge on any atom is 0.329 e. The lowest BCUT2D eigenvalue weighted by atomic mass is 9.85. The van der Waals surface area contributed by atoms with Crippen LogP contribution < -0.4 is 5.32 Å². The Balaban J connectivity index is 1.93. The molecule has 0 aliphatic carbocycles. The number of fused-ring (bicyclic) bond motifs is 3. The molecule has 2 heterocycles. The Labute approximate surface area is 123 Å². The van der Waals surface area contributed by atoms with E-state index in [-0.39, 0.29) is 18.3 Å². The van der Waals surface area contributed by atoms with Crippen molar-refractivity contribution in [3.8, 4) is 0 Å². The number of nitrogens with zero attached hydrogens (tertiary/aromatic N) is 1. The highest BCUT2D eigenvalue weighted by molar-refractivity contribution is 6.24. The standard InChI is InChI=1S/C16H18N2O3/c1-16(2,3)21-15(20)14-13-12(11(19)8-17-14)9-6-4-5-7-10(9)18-13/h4-7,12,14,17H,8H2,1-3H3. The van der Waals surface area contributed by atoms with E-state index >= 15 is 0 Å². The number of para-hydroxylation sites is 1. The minimum Gasteiger partial charge on any atom is -0.459 e. The Morgan fingerprint density at radius 2 is 2.05 bits per heavy atom. The highest BCUT2D eigenvalue weighted by Gasteiger charge is 2.44. The van der Waals surface area contributed by atoms with Crippen molar-refractivity contribution in [2.24, 2.45) is 4.99 Å². The van der Waals surface area contributed by atoms with Crippen LogP contribution in [-0.2, 0) is 14.3 Å². The number of carbonyl (C=O) groups is 2. The summed E-state index contributed by atoms with van der Waals surface area (Å²) in [5.74, 6) is -0.759. The zero-order valence-corrected chi connectivity index (χ0v) is 12.3. The Morgan fingerprint density at radius 1 is 1.33 bits per heavy atom. The van der Waals surface area contributed by atoms with Crippen molar-refractivity contribution in [1.82, 2.24) is 5.32 Å². The Morgan fingerprint density at radius 3 is 2.76 bits per heavy atom. The van der Waals surface area contributed by atoms with Crippen LogP contribution in [0.5, 0.6) is 0 Å². The van der Waals surface area contributed by atoms with Gasteiger partial charge in [-0.3, -0.25) is 15.1 Å². The van der Waals surface area contributed by atoms with Gasteiger partial charge in [0.15, 0.2) is 5.78 Å². The van der Waals surface area contributed by atoms with Gasteiger partial charge in [0, 0.05) is 0 Å². The monoisotopic (exact) mass is 286 g/mol. The second-order valence-electron chi connectivity index (χ2n) is 6.34. The molecule has 2 aliphatic rings. The number of hydrogen-bond acceptors (Lipinski definition) is 5. The molecule has 0 amide bonds. The average Bonchev–Trinajstić information content (AvgIpc) is 2.76. The first-order valence-electron chi connectivity index (χ1n) is 7.03. The topological polar surface area (TPSA) is 67.8 Å². The van der Waals surface area contributed by atoms with Crippen LogP contribution in [0.25, 0.3) is 0 Å². The average molecular weight is 286 g/mol. The van der Waals surface area contributed by atoms with Gasteiger partial charge >= 0.3 is 5.97 Å². The number of ketones is 1. The third kappa shape index (κ3) is 2.49. The molecule has 1 saturated heterocycles. The summed E-state index contributed by atoms with van der Waals surface area (Å²) in [7, 11) is 0. The summed E-state index contributed by atoms with van der Waals surface area (Å²) >= 11 is 0. The fourth-order valence-corrected chi connectivity index (χ4v) is 2.74. The van der Waals surface area contributed by atoms with Crippen LogP contribution in [0, 0.1) is 0 Å². The molecule has 0 radical (unpaired) electrons. The first-order chi connectivity index (χ1) is 9.87. The van der Waals surface area contributed by atoms with Crippen LogP contribution in [0.1, 0.15) is 32.3 Å². The molecule has 1 fully saturated rings. The van der Waals surface area contributed by atoms with E-state index in [0.29, 0.717) is 5.71 Å². The van der Waals surface area contributed by atoms with Crippen LogP contribution in [0.15, 0.2) is 29.3 Å². The summed E-state index contributed by atoms with van der Waals surface area (Å²) in [6, 6.07) is 6.86. The van der Waals surface area contributed by atoms with E-state index in [9.17, 15) is 9.59 Å². The van der Waals surface area contributed by atoms with Crippen molar-refractivity contribution in [3.05, 3.63) is 29.8 Å². The summed E-state index contributed by atoms with van der Waals surface area (Å²) in [6.07, 6.45) is 0. The molecule has 2 aliphatic heterocycles. The number of rotatable bonds is 1. The number of esters is 1. The lowest BCUT2D eigenvalue weighted by molar-refractivity contribution is -0.155. The van der Waals surface area contributed by atoms with Crippen molar-refractivity contribution in [2.45, 2.75) is 38.3 Å². The molecule has 1 N–H and O–H groups in total. The van der Waals surface area contributed by atoms with E-state index in [0.717, 1.165) is 11.3 Å². The van der Waals surface area contributed by atoms with Crippen LogP contribution >= 0.6 is 0 Å². The molecule has 0 bridgehead atoms. The first-order valence-corrected chi connectivity index (χ1v) is 7.03. The van der Waals surface area contributed by atoms with Crippen molar-refractivity contribution in [2.75, 3.05) is 6.54 Å². The molecule has 1 aromatic rings. The van der Waals surface area contributed by atoms with Crippen molar-refractivity contribution in [1.29, 1.82) is 0 Å². The fraction of sp³-hybridized carbons (Fsp3) is 0.438. The van der Waals surface area contributed by atoms with E-state index in [2.05, 4.69) is 10.3 Å². The van der Waals surface area contributed by atoms with Crippen LogP contribution in [0.4, 0.5) is 5.69 Å². The molecular weight excluding hydrogens is 268 g/mol. The van der Waals surface area contributed by atoms with E-state index in [1.807, 2.05) is 45.0 Å². The SMILES string of the molecule is CC(C)(C)OC(=O)C1NCC(=O)C2C1=Nc1ccccc12. The maximum absolute atomic E-state index is 12.3. The molecule has 0 aromatic heterocycles. The van der Waals surface area contributed by atoms with E-state index < -0.39 is 17.6 Å². The van der Waals surface area contributed by atoms with E-state index in [1.54, 1.807) is 0 Å². The van der Waals surface area contributed by atoms with Crippen molar-refractivity contribution >= 4 is 23.2 Å². The molecule has 2 atom stereocenters. The summed E-state index contributed by atoms with van der Waals surface area (Å²) in [6.45, 7) is 5.62. The summed E-state index contributed by atoms with van der Waals surface area (Å²) in [4.78, 5) is 29.0. The normalized spacial score (nSPS) is 24.1. The molecule has 1 aromatic carbocycles. The van der Waals surface area contributed by atoms with Gasteiger partial charge < -0.3 is 4.74 Å². The van der Waals surface area contributed by atoms with Gasteiger partial charge in [-0.25, -0.2) is 4.79 Å². The second-order valence-corrected chi connectivity index (χ2v) is 6.34. The molecule has 3 rings (SSSR count). The number of Topliss-reactive ketones (excluding diaryl/α,β-unsaturated/α-hetero) is 1. The van der Waals surface area contributed by atoms with Crippen LogP contribution in [-0.4, -0.2) is 35.7 Å². The fourth-order valence-electron chi connectivity index (χ4n) is 2.74. The minimum atomic E-state index is -0.653. The number of nitrogens with one attached hydrogen (secondary N) is 1. The largest absolute Gasteiger partial charge is 0.459 e. The van der Waals surface area contributed by atoms with Crippen LogP contribution in [0.3, 0.4) is 0 Å². The molecule has 0 spiro atoms. The number of aliphatic imine (C=N–C) groups is 1. The van der Waals surface area contributed by atoms with Gasteiger partial charge in [0.2, 0.25) is 0 Å². The molecule has 5 heteroatoms. The number of carbonyl (C=O) groups excluding carboxylic acids is 2. The van der Waals surface area contributed by atoms with Crippen molar-refractivity contribution in [3.63, 3.8) is 0 Å². The molecule has 110 valence electrons. The molecular formula is C16H18N2O3. The number of hydrogen-bond donors (Lipinski definition) is 1. The lowest BCUT2D eigenvalue weighted by Gasteiger charge is -2.29. The van der Waals surface area contributed by atoms with Gasteiger partial charge in [0.25, 0.3) is 0 Å². The summed E-state index contributed by atoms with van der Waals surface area (Å²) in [5, 5.41) is 2.94. The highest BCUT2D eigenvalue weighted by atomic mass is 16.6. The number of ether oxygens (including phenoxy) is 1. The zero-order valence-electron chi connectivity index (χ0n) is 12.3. The Bertz CT molecular complexity index is 643. The maximum atomic E-state index is 12.3. The summed E-state index contributed by atoms with van der Waals surface area (Å²) in [5.41, 5.74) is 1.64. The van der Waals surface area contributed by atoms with E-state index in [4.69, 9.17) is 4.74 Å². The molecule has 0 saturated carbocycles. The van der Waals surface area contributed by atoms with Gasteiger partial charge in [-0.05, 0) is 32.4 Å². The van der Waals surface area contributed by atoms with Gasteiger partial charge in [0.05, 0.1) is 23.9 Å². The number of benzene rings is 1. The minimum absolute atomic E-state index is 0.0403. The highest BCUT2D eigenvalue weighted by Crippen LogP contribution is 2.38. The molecule has 5 nitrogen and oxygen atoms in total. The summed E-state index contributed by atoms with van der Waals surface area (Å²) < 4.78 is 5.43. The van der Waals surface area contributed by atoms with E-state index in [1.165, 1.54) is 0 Å². The van der Waals surface area contributed by atoms with Gasteiger partial charge in [-0.15, -0.1) is 0 Å². The predicted octanol–water partition coefficient (Wildman–Crippen LogP) is 1.74. The van der Waals surface area contributed by atoms with Crippen LogP contribution in [0.2, 0.25) is 0 Å². The predicted molar refractivity (Wildman–Crippen MR) is 78.9 cm³/mol. The zero-order chi connectivity index (χ0) is 15.2. The first kappa shape index (κ1) is 13.9. The third-order valence-electron chi connectivity index (χ3n) is 3.53.